The monoisotopic (exact) mass is 441 g/mol. The Morgan fingerprint density at radius 2 is 1.97 bits per heavy atom. The Kier molecular flexibility index (Phi) is 9.92. The van der Waals surface area contributed by atoms with Gasteiger partial charge in [-0.3, -0.25) is 4.79 Å². The number of aromatic nitrogens is 1. The highest BCUT2D eigenvalue weighted by Crippen LogP contribution is 2.25. The average Bonchev–Trinajstić information content (AvgIpc) is 3.25. The van der Waals surface area contributed by atoms with Gasteiger partial charge in [-0.25, -0.2) is 9.78 Å². The first-order valence-electron chi connectivity index (χ1n) is 10.6. The summed E-state index contributed by atoms with van der Waals surface area (Å²) in [6.07, 6.45) is 3.94. The summed E-state index contributed by atoms with van der Waals surface area (Å²) in [6, 6.07) is 0.285. The molecule has 0 unspecified atom stereocenters. The molecule has 6 nitrogen and oxygen atoms in total. The van der Waals surface area contributed by atoms with E-state index in [4.69, 9.17) is 5.11 Å². The number of carboxylic acids is 1. The van der Waals surface area contributed by atoms with E-state index in [2.05, 4.69) is 37.6 Å². The number of amides is 1. The predicted molar refractivity (Wildman–Crippen MR) is 120 cm³/mol. The molecule has 1 aliphatic heterocycles. The Hall–Kier alpha value is -1.12. The molecule has 0 aliphatic carbocycles. The lowest BCUT2D eigenvalue weighted by Crippen LogP contribution is -2.43. The quantitative estimate of drug-likeness (QED) is 0.460. The van der Waals surface area contributed by atoms with Crippen LogP contribution in [0.4, 0.5) is 0 Å². The van der Waals surface area contributed by atoms with Crippen LogP contribution in [-0.2, 0) is 4.79 Å². The van der Waals surface area contributed by atoms with Crippen molar-refractivity contribution in [1.29, 1.82) is 0 Å². The van der Waals surface area contributed by atoms with Crippen molar-refractivity contribution in [2.45, 2.75) is 63.8 Å². The molecule has 1 fully saturated rings. The molecular formula is C21H35N3O3S2. The SMILES string of the molecule is CC(C)CCN(CCC(C)C)C[C@H]1CCC(=O)N1CCSc1nc(C(=O)O)cs1. The van der Waals surface area contributed by atoms with E-state index in [1.807, 2.05) is 4.90 Å². The van der Waals surface area contributed by atoms with Gasteiger partial charge in [-0.1, -0.05) is 39.5 Å². The van der Waals surface area contributed by atoms with Crippen molar-refractivity contribution < 1.29 is 14.7 Å². The predicted octanol–water partition coefficient (Wildman–Crippen LogP) is 4.32. The van der Waals surface area contributed by atoms with Crippen molar-refractivity contribution in [3.63, 3.8) is 0 Å². The van der Waals surface area contributed by atoms with E-state index < -0.39 is 5.97 Å². The zero-order valence-electron chi connectivity index (χ0n) is 18.1. The number of hydrogen-bond donors (Lipinski definition) is 1. The van der Waals surface area contributed by atoms with Crippen LogP contribution in [0, 0.1) is 11.8 Å². The van der Waals surface area contributed by atoms with E-state index in [0.717, 1.165) is 36.1 Å². The number of carbonyl (C=O) groups excluding carboxylic acids is 1. The molecule has 0 bridgehead atoms. The minimum absolute atomic E-state index is 0.0959. The van der Waals surface area contributed by atoms with Gasteiger partial charge < -0.3 is 14.9 Å². The lowest BCUT2D eigenvalue weighted by Gasteiger charge is -2.31. The number of nitrogens with zero attached hydrogens (tertiary/aromatic N) is 3. The van der Waals surface area contributed by atoms with Gasteiger partial charge in [0.25, 0.3) is 0 Å². The Morgan fingerprint density at radius 3 is 2.52 bits per heavy atom. The standard InChI is InChI=1S/C21H35N3O3S2/c1-15(2)7-9-23(10-8-16(3)4)13-17-5-6-19(25)24(17)11-12-28-21-22-18(14-29-21)20(26)27/h14-17H,5-13H2,1-4H3,(H,26,27)/t17-/m1/s1. The van der Waals surface area contributed by atoms with Crippen LogP contribution in [0.1, 0.15) is 63.9 Å². The number of thioether (sulfide) groups is 1. The van der Waals surface area contributed by atoms with Gasteiger partial charge in [0.2, 0.25) is 5.91 Å². The van der Waals surface area contributed by atoms with Crippen molar-refractivity contribution in [1.82, 2.24) is 14.8 Å². The number of aromatic carboxylic acids is 1. The van der Waals surface area contributed by atoms with Crippen molar-refractivity contribution in [2.24, 2.45) is 11.8 Å². The number of likely N-dealkylation sites (tertiary alicyclic amines) is 1. The third-order valence-electron chi connectivity index (χ3n) is 5.23. The second-order valence-electron chi connectivity index (χ2n) is 8.60. The molecule has 1 N–H and O–H groups in total. The van der Waals surface area contributed by atoms with E-state index in [0.29, 0.717) is 24.8 Å². The molecule has 0 aromatic carbocycles. The molecule has 0 radical (unpaired) electrons. The van der Waals surface area contributed by atoms with Gasteiger partial charge in [-0.05, 0) is 44.2 Å². The first kappa shape index (κ1) is 24.2. The summed E-state index contributed by atoms with van der Waals surface area (Å²) in [6.45, 7) is 12.9. The molecule has 2 heterocycles. The Morgan fingerprint density at radius 1 is 1.31 bits per heavy atom. The van der Waals surface area contributed by atoms with Crippen LogP contribution < -0.4 is 0 Å². The highest BCUT2D eigenvalue weighted by atomic mass is 32.2. The zero-order chi connectivity index (χ0) is 21.4. The second kappa shape index (κ2) is 11.9. The molecule has 1 atom stereocenters. The average molecular weight is 442 g/mol. The molecule has 1 aromatic rings. The number of hydrogen-bond acceptors (Lipinski definition) is 6. The molecule has 1 saturated heterocycles. The molecule has 0 saturated carbocycles. The normalized spacial score (nSPS) is 17.3. The fourth-order valence-electron chi connectivity index (χ4n) is 3.42. The topological polar surface area (TPSA) is 73.7 Å². The summed E-state index contributed by atoms with van der Waals surface area (Å²) >= 11 is 2.88. The Balaban J connectivity index is 1.88. The first-order chi connectivity index (χ1) is 13.8. The highest BCUT2D eigenvalue weighted by Gasteiger charge is 2.31. The molecular weight excluding hydrogens is 406 g/mol. The van der Waals surface area contributed by atoms with Gasteiger partial charge in [0.15, 0.2) is 10.0 Å². The Bertz CT molecular complexity index is 651. The lowest BCUT2D eigenvalue weighted by atomic mass is 10.1. The number of carboxylic acid groups (broad SMARTS) is 1. The summed E-state index contributed by atoms with van der Waals surface area (Å²) in [5.74, 6) is 1.36. The fraction of sp³-hybridized carbons (Fsp3) is 0.762. The summed E-state index contributed by atoms with van der Waals surface area (Å²) in [5, 5.41) is 10.5. The largest absolute Gasteiger partial charge is 0.476 e. The maximum Gasteiger partial charge on any atom is 0.355 e. The summed E-state index contributed by atoms with van der Waals surface area (Å²) in [4.78, 5) is 32.1. The van der Waals surface area contributed by atoms with Gasteiger partial charge in [-0.2, -0.15) is 0 Å². The fourth-order valence-corrected chi connectivity index (χ4v) is 5.23. The van der Waals surface area contributed by atoms with E-state index in [1.54, 1.807) is 5.38 Å². The van der Waals surface area contributed by atoms with Gasteiger partial charge >= 0.3 is 5.97 Å². The van der Waals surface area contributed by atoms with E-state index in [1.165, 1.54) is 35.9 Å². The van der Waals surface area contributed by atoms with Crippen LogP contribution in [0.25, 0.3) is 0 Å². The van der Waals surface area contributed by atoms with E-state index >= 15 is 0 Å². The van der Waals surface area contributed by atoms with Gasteiger partial charge in [0, 0.05) is 36.7 Å². The van der Waals surface area contributed by atoms with Crippen LogP contribution in [-0.4, -0.2) is 69.7 Å². The Labute approximate surface area is 183 Å². The highest BCUT2D eigenvalue weighted by molar-refractivity contribution is 8.01. The molecule has 1 aliphatic rings. The number of thiazole rings is 1. The first-order valence-corrected chi connectivity index (χ1v) is 12.5. The maximum absolute atomic E-state index is 12.4. The van der Waals surface area contributed by atoms with Crippen LogP contribution in [0.2, 0.25) is 0 Å². The van der Waals surface area contributed by atoms with Crippen molar-refractivity contribution in [3.8, 4) is 0 Å². The van der Waals surface area contributed by atoms with Gasteiger partial charge in [0.05, 0.1) is 0 Å². The van der Waals surface area contributed by atoms with Crippen LogP contribution in [0.5, 0.6) is 0 Å². The zero-order valence-corrected chi connectivity index (χ0v) is 19.7. The third-order valence-corrected chi connectivity index (χ3v) is 7.23. The smallest absolute Gasteiger partial charge is 0.355 e. The maximum atomic E-state index is 12.4. The summed E-state index contributed by atoms with van der Waals surface area (Å²) in [7, 11) is 0. The minimum atomic E-state index is -0.995. The van der Waals surface area contributed by atoms with Crippen LogP contribution >= 0.6 is 23.1 Å². The van der Waals surface area contributed by atoms with Gasteiger partial charge in [-0.15, -0.1) is 11.3 Å². The molecule has 2 rings (SSSR count). The molecule has 164 valence electrons. The molecule has 29 heavy (non-hydrogen) atoms. The van der Waals surface area contributed by atoms with E-state index in [-0.39, 0.29) is 17.6 Å². The van der Waals surface area contributed by atoms with Crippen molar-refractivity contribution in [2.75, 3.05) is 31.9 Å². The number of carbonyl (C=O) groups is 2. The summed E-state index contributed by atoms with van der Waals surface area (Å²) < 4.78 is 0.751. The minimum Gasteiger partial charge on any atom is -0.476 e. The summed E-state index contributed by atoms with van der Waals surface area (Å²) in [5.41, 5.74) is 0.0959. The lowest BCUT2D eigenvalue weighted by molar-refractivity contribution is -0.128. The third kappa shape index (κ3) is 8.26. The van der Waals surface area contributed by atoms with Gasteiger partial charge in [0.1, 0.15) is 0 Å². The molecule has 1 aromatic heterocycles. The second-order valence-corrected chi connectivity index (χ2v) is 10.8. The number of rotatable bonds is 13. The van der Waals surface area contributed by atoms with Crippen LogP contribution in [0.3, 0.4) is 0 Å². The molecule has 0 spiro atoms. The van der Waals surface area contributed by atoms with Crippen molar-refractivity contribution >= 4 is 35.0 Å². The van der Waals surface area contributed by atoms with Crippen molar-refractivity contribution in [3.05, 3.63) is 11.1 Å². The van der Waals surface area contributed by atoms with Crippen LogP contribution in [0.15, 0.2) is 9.72 Å². The molecule has 1 amide bonds. The molecule has 8 heteroatoms. The van der Waals surface area contributed by atoms with E-state index in [9.17, 15) is 9.59 Å².